The molecule has 3 N–H and O–H groups in total. The summed E-state index contributed by atoms with van der Waals surface area (Å²) in [5, 5.41) is 13.1. The van der Waals surface area contributed by atoms with Gasteiger partial charge in [-0.3, -0.25) is 14.5 Å². The van der Waals surface area contributed by atoms with Gasteiger partial charge in [-0.25, -0.2) is 4.98 Å². The Morgan fingerprint density at radius 2 is 2.09 bits per heavy atom. The second kappa shape index (κ2) is 6.67. The van der Waals surface area contributed by atoms with Gasteiger partial charge < -0.3 is 20.3 Å². The van der Waals surface area contributed by atoms with Crippen LogP contribution in [0, 0.1) is 0 Å². The van der Waals surface area contributed by atoms with E-state index in [9.17, 15) is 14.7 Å². The van der Waals surface area contributed by atoms with Gasteiger partial charge in [-0.05, 0) is 12.8 Å². The molecular weight excluding hydrogens is 298 g/mol. The number of H-pyrrole nitrogens is 1. The van der Waals surface area contributed by atoms with Gasteiger partial charge in [-0.15, -0.1) is 0 Å². The lowest BCUT2D eigenvalue weighted by Crippen LogP contribution is -2.46. The summed E-state index contributed by atoms with van der Waals surface area (Å²) in [6.07, 6.45) is 4.16. The molecule has 0 aromatic carbocycles. The molecule has 8 heteroatoms. The first-order valence-corrected chi connectivity index (χ1v) is 8.01. The summed E-state index contributed by atoms with van der Waals surface area (Å²) < 4.78 is 0. The number of β-amino-alcohol motifs (C(OH)–C–C–N with tert-alkyl or cyclic N) is 1. The van der Waals surface area contributed by atoms with Gasteiger partial charge in [-0.2, -0.15) is 0 Å². The number of aliphatic hydroxyl groups excluding tert-OH is 1. The molecule has 126 valence electrons. The highest BCUT2D eigenvalue weighted by molar-refractivity contribution is 5.92. The molecule has 2 amide bonds. The van der Waals surface area contributed by atoms with Crippen LogP contribution < -0.4 is 5.32 Å². The van der Waals surface area contributed by atoms with Gasteiger partial charge in [0.15, 0.2) is 0 Å². The lowest BCUT2D eigenvalue weighted by Gasteiger charge is -2.36. The van der Waals surface area contributed by atoms with Crippen LogP contribution in [-0.4, -0.2) is 81.1 Å². The van der Waals surface area contributed by atoms with Crippen molar-refractivity contribution in [3.05, 3.63) is 18.2 Å². The van der Waals surface area contributed by atoms with Crippen LogP contribution >= 0.6 is 0 Å². The van der Waals surface area contributed by atoms with Gasteiger partial charge in [0.1, 0.15) is 5.69 Å². The topological polar surface area (TPSA) is 102 Å². The maximum absolute atomic E-state index is 12.1. The molecule has 23 heavy (non-hydrogen) atoms. The Morgan fingerprint density at radius 3 is 2.70 bits per heavy atom. The number of aromatic amines is 1. The number of hydrogen-bond donors (Lipinski definition) is 3. The first-order chi connectivity index (χ1) is 11.0. The van der Waals surface area contributed by atoms with E-state index in [4.69, 9.17) is 0 Å². The molecule has 3 rings (SSSR count). The van der Waals surface area contributed by atoms with Gasteiger partial charge in [0.05, 0.1) is 24.7 Å². The fraction of sp³-hybridized carbons (Fsp3) is 0.667. The molecule has 2 aliphatic heterocycles. The number of carbonyl (C=O) groups is 2. The molecule has 0 unspecified atom stereocenters. The molecule has 2 saturated heterocycles. The zero-order valence-electron chi connectivity index (χ0n) is 13.2. The molecule has 1 aromatic rings. The van der Waals surface area contributed by atoms with Crippen molar-refractivity contribution in [1.82, 2.24) is 25.1 Å². The van der Waals surface area contributed by atoms with Crippen LogP contribution in [0.3, 0.4) is 0 Å². The predicted molar refractivity (Wildman–Crippen MR) is 82.7 cm³/mol. The molecule has 2 fully saturated rings. The summed E-state index contributed by atoms with van der Waals surface area (Å²) >= 11 is 0. The Balaban J connectivity index is 1.52. The minimum atomic E-state index is -0.576. The number of amides is 2. The van der Waals surface area contributed by atoms with Crippen molar-refractivity contribution < 1.29 is 14.7 Å². The molecule has 8 nitrogen and oxygen atoms in total. The quantitative estimate of drug-likeness (QED) is 0.676. The highest BCUT2D eigenvalue weighted by Gasteiger charge is 2.37. The number of carbonyl (C=O) groups excluding carboxylic acids is 2. The standard InChI is InChI=1S/C15H23N5O3/c1-10(21)19-4-2-11(3-5-19)20-7-13(14(22)8-20)18-15(23)12-6-16-9-17-12/h6,9,11,13-14,22H,2-5,7-8H2,1H3,(H,16,17)(H,18,23)/t13-,14-/m1/s1. The Bertz CT molecular complexity index is 553. The second-order valence-corrected chi connectivity index (χ2v) is 6.30. The van der Waals surface area contributed by atoms with Crippen LogP contribution in [-0.2, 0) is 4.79 Å². The van der Waals surface area contributed by atoms with E-state index in [0.29, 0.717) is 24.8 Å². The summed E-state index contributed by atoms with van der Waals surface area (Å²) in [6, 6.07) is 0.0749. The number of aliphatic hydroxyl groups is 1. The van der Waals surface area contributed by atoms with E-state index in [0.717, 1.165) is 25.9 Å². The van der Waals surface area contributed by atoms with E-state index < -0.39 is 6.10 Å². The first-order valence-electron chi connectivity index (χ1n) is 8.01. The van der Waals surface area contributed by atoms with Crippen LogP contribution in [0.4, 0.5) is 0 Å². The number of hydrogen-bond acceptors (Lipinski definition) is 5. The number of nitrogens with one attached hydrogen (secondary N) is 2. The number of imidazole rings is 1. The molecule has 0 spiro atoms. The normalized spacial score (nSPS) is 26.4. The van der Waals surface area contributed by atoms with Gasteiger partial charge in [0, 0.05) is 39.1 Å². The summed E-state index contributed by atoms with van der Waals surface area (Å²) in [5.74, 6) is -0.130. The number of likely N-dealkylation sites (tertiary alicyclic amines) is 2. The molecule has 0 bridgehead atoms. The fourth-order valence-electron chi connectivity index (χ4n) is 3.43. The monoisotopic (exact) mass is 321 g/mol. The molecule has 0 radical (unpaired) electrons. The Hall–Kier alpha value is -1.93. The van der Waals surface area contributed by atoms with E-state index >= 15 is 0 Å². The van der Waals surface area contributed by atoms with Crippen LogP contribution in [0.2, 0.25) is 0 Å². The van der Waals surface area contributed by atoms with E-state index in [-0.39, 0.29) is 17.9 Å². The van der Waals surface area contributed by atoms with Crippen LogP contribution in [0.25, 0.3) is 0 Å². The maximum atomic E-state index is 12.1. The average molecular weight is 321 g/mol. The molecule has 3 heterocycles. The third-order valence-corrected chi connectivity index (χ3v) is 4.80. The summed E-state index contributed by atoms with van der Waals surface area (Å²) in [6.45, 7) is 4.31. The van der Waals surface area contributed by atoms with Gasteiger partial charge in [0.2, 0.25) is 5.91 Å². The summed E-state index contributed by atoms with van der Waals surface area (Å²) in [5.41, 5.74) is 0.394. The van der Waals surface area contributed by atoms with E-state index in [1.165, 1.54) is 12.5 Å². The lowest BCUT2D eigenvalue weighted by atomic mass is 10.0. The highest BCUT2D eigenvalue weighted by atomic mass is 16.3. The Morgan fingerprint density at radius 1 is 1.35 bits per heavy atom. The van der Waals surface area contributed by atoms with Crippen molar-refractivity contribution in [1.29, 1.82) is 0 Å². The van der Waals surface area contributed by atoms with Crippen molar-refractivity contribution in [2.24, 2.45) is 0 Å². The van der Waals surface area contributed by atoms with Crippen LogP contribution in [0.1, 0.15) is 30.3 Å². The zero-order valence-corrected chi connectivity index (χ0v) is 13.2. The van der Waals surface area contributed by atoms with Gasteiger partial charge in [0.25, 0.3) is 5.91 Å². The van der Waals surface area contributed by atoms with Crippen molar-refractivity contribution >= 4 is 11.8 Å². The number of nitrogens with zero attached hydrogens (tertiary/aromatic N) is 3. The average Bonchev–Trinajstić information content (AvgIpc) is 3.18. The molecular formula is C15H23N5O3. The molecule has 0 aliphatic carbocycles. The summed E-state index contributed by atoms with van der Waals surface area (Å²) in [7, 11) is 0. The molecule has 2 atom stereocenters. The number of piperidine rings is 1. The minimum absolute atomic E-state index is 0.120. The number of rotatable bonds is 3. The molecule has 0 saturated carbocycles. The van der Waals surface area contributed by atoms with E-state index in [2.05, 4.69) is 20.2 Å². The number of aromatic nitrogens is 2. The first kappa shape index (κ1) is 15.9. The van der Waals surface area contributed by atoms with Crippen molar-refractivity contribution in [2.45, 2.75) is 38.0 Å². The second-order valence-electron chi connectivity index (χ2n) is 6.30. The maximum Gasteiger partial charge on any atom is 0.269 e. The zero-order chi connectivity index (χ0) is 16.4. The third-order valence-electron chi connectivity index (χ3n) is 4.80. The fourth-order valence-corrected chi connectivity index (χ4v) is 3.43. The molecule has 1 aromatic heterocycles. The highest BCUT2D eigenvalue weighted by Crippen LogP contribution is 2.22. The Kier molecular flexibility index (Phi) is 4.63. The lowest BCUT2D eigenvalue weighted by molar-refractivity contribution is -0.130. The Labute approximate surface area is 134 Å². The van der Waals surface area contributed by atoms with Gasteiger partial charge >= 0.3 is 0 Å². The van der Waals surface area contributed by atoms with Crippen LogP contribution in [0.15, 0.2) is 12.5 Å². The van der Waals surface area contributed by atoms with E-state index in [1.807, 2.05) is 4.90 Å². The SMILES string of the molecule is CC(=O)N1CCC(N2C[C@@H](O)[C@H](NC(=O)c3cnc[nH]3)C2)CC1. The van der Waals surface area contributed by atoms with Crippen LogP contribution in [0.5, 0.6) is 0 Å². The van der Waals surface area contributed by atoms with E-state index in [1.54, 1.807) is 6.92 Å². The predicted octanol–water partition coefficient (Wildman–Crippen LogP) is -0.804. The van der Waals surface area contributed by atoms with Crippen molar-refractivity contribution in [3.63, 3.8) is 0 Å². The smallest absolute Gasteiger partial charge is 0.269 e. The molecule has 2 aliphatic rings. The van der Waals surface area contributed by atoms with Crippen molar-refractivity contribution in [3.8, 4) is 0 Å². The third kappa shape index (κ3) is 3.53. The summed E-state index contributed by atoms with van der Waals surface area (Å²) in [4.78, 5) is 34.1. The minimum Gasteiger partial charge on any atom is -0.390 e. The largest absolute Gasteiger partial charge is 0.390 e. The van der Waals surface area contributed by atoms with Crippen molar-refractivity contribution in [2.75, 3.05) is 26.2 Å². The van der Waals surface area contributed by atoms with Gasteiger partial charge in [-0.1, -0.05) is 0 Å².